The molecular formula is C13H16N2O4S. The highest BCUT2D eigenvalue weighted by Gasteiger charge is 2.12. The normalized spacial score (nSPS) is 9.90. The molecule has 0 heterocycles. The van der Waals surface area contributed by atoms with Crippen LogP contribution in [0.4, 0.5) is 5.69 Å². The van der Waals surface area contributed by atoms with Crippen molar-refractivity contribution in [1.29, 1.82) is 0 Å². The molecular weight excluding hydrogens is 280 g/mol. The van der Waals surface area contributed by atoms with E-state index < -0.39 is 5.97 Å². The molecule has 7 heteroatoms. The Hall–Kier alpha value is -2.02. The minimum Gasteiger partial charge on any atom is -0.481 e. The lowest BCUT2D eigenvalue weighted by molar-refractivity contribution is -0.133. The Morgan fingerprint density at radius 1 is 1.25 bits per heavy atom. The lowest BCUT2D eigenvalue weighted by Crippen LogP contribution is -2.21. The summed E-state index contributed by atoms with van der Waals surface area (Å²) in [5.74, 6) is -1.55. The molecule has 0 aliphatic carbocycles. The number of hydrogen-bond donors (Lipinski definition) is 3. The number of carboxylic acid groups (broad SMARTS) is 1. The Kier molecular flexibility index (Phi) is 6.05. The van der Waals surface area contributed by atoms with Gasteiger partial charge in [0, 0.05) is 18.3 Å². The van der Waals surface area contributed by atoms with Crippen LogP contribution in [0.5, 0.6) is 0 Å². The number of hydrogen-bond acceptors (Lipinski definition) is 4. The molecule has 0 bridgehead atoms. The highest BCUT2D eigenvalue weighted by molar-refractivity contribution is 8.00. The van der Waals surface area contributed by atoms with Crippen LogP contribution in [0.1, 0.15) is 15.9 Å². The third kappa shape index (κ3) is 4.58. The van der Waals surface area contributed by atoms with Crippen LogP contribution in [0.2, 0.25) is 0 Å². The van der Waals surface area contributed by atoms with Crippen molar-refractivity contribution >= 4 is 35.2 Å². The van der Waals surface area contributed by atoms with Gasteiger partial charge in [-0.2, -0.15) is 0 Å². The number of benzene rings is 1. The van der Waals surface area contributed by atoms with Crippen molar-refractivity contribution in [3.05, 3.63) is 29.3 Å². The summed E-state index contributed by atoms with van der Waals surface area (Å²) >= 11 is 1.02. The first-order valence-electron chi connectivity index (χ1n) is 5.86. The van der Waals surface area contributed by atoms with E-state index in [1.54, 1.807) is 25.1 Å². The summed E-state index contributed by atoms with van der Waals surface area (Å²) in [7, 11) is 1.54. The number of rotatable bonds is 6. The van der Waals surface area contributed by atoms with Crippen LogP contribution in [-0.2, 0) is 9.59 Å². The van der Waals surface area contributed by atoms with Crippen molar-refractivity contribution in [2.45, 2.75) is 6.92 Å². The Labute approximate surface area is 120 Å². The quantitative estimate of drug-likeness (QED) is 0.731. The van der Waals surface area contributed by atoms with Gasteiger partial charge in [-0.25, -0.2) is 0 Å². The largest absolute Gasteiger partial charge is 0.481 e. The zero-order valence-corrected chi connectivity index (χ0v) is 12.0. The van der Waals surface area contributed by atoms with Gasteiger partial charge in [-0.15, -0.1) is 11.8 Å². The summed E-state index contributed by atoms with van der Waals surface area (Å²) in [5.41, 5.74) is 1.71. The van der Waals surface area contributed by atoms with Gasteiger partial charge in [0.1, 0.15) is 0 Å². The third-order valence-corrected chi connectivity index (χ3v) is 3.46. The van der Waals surface area contributed by atoms with Gasteiger partial charge in [-0.05, 0) is 24.6 Å². The number of carbonyl (C=O) groups is 3. The van der Waals surface area contributed by atoms with Crippen LogP contribution in [-0.4, -0.2) is 41.4 Å². The van der Waals surface area contributed by atoms with Gasteiger partial charge < -0.3 is 15.7 Å². The fourth-order valence-corrected chi connectivity index (χ4v) is 2.10. The molecule has 0 saturated heterocycles. The smallest absolute Gasteiger partial charge is 0.313 e. The van der Waals surface area contributed by atoms with Gasteiger partial charge in [0.25, 0.3) is 5.91 Å². The molecule has 2 amide bonds. The second-order valence-electron chi connectivity index (χ2n) is 3.99. The number of aliphatic carboxylic acids is 1. The molecule has 6 nitrogen and oxygen atoms in total. The average molecular weight is 296 g/mol. The van der Waals surface area contributed by atoms with Crippen molar-refractivity contribution in [2.24, 2.45) is 0 Å². The second kappa shape index (κ2) is 7.54. The first-order chi connectivity index (χ1) is 9.45. The van der Waals surface area contributed by atoms with Gasteiger partial charge in [0.05, 0.1) is 11.5 Å². The lowest BCUT2D eigenvalue weighted by Gasteiger charge is -2.11. The Morgan fingerprint density at radius 3 is 2.55 bits per heavy atom. The van der Waals surface area contributed by atoms with Crippen LogP contribution in [0, 0.1) is 6.92 Å². The fraction of sp³-hybridized carbons (Fsp3) is 0.308. The third-order valence-electron chi connectivity index (χ3n) is 2.54. The SMILES string of the molecule is CNC(=O)c1cccc(NC(=O)CSCC(=O)O)c1C. The highest BCUT2D eigenvalue weighted by Crippen LogP contribution is 2.19. The molecule has 108 valence electrons. The zero-order chi connectivity index (χ0) is 15.1. The Balaban J connectivity index is 2.70. The minimum atomic E-state index is -0.958. The summed E-state index contributed by atoms with van der Waals surface area (Å²) < 4.78 is 0. The number of anilines is 1. The predicted octanol–water partition coefficient (Wildman–Crippen LogP) is 1.11. The number of nitrogens with one attached hydrogen (secondary N) is 2. The van der Waals surface area contributed by atoms with Crippen LogP contribution < -0.4 is 10.6 Å². The number of thioether (sulfide) groups is 1. The standard InChI is InChI=1S/C13H16N2O4S/c1-8-9(13(19)14-2)4-3-5-10(8)15-11(16)6-20-7-12(17)18/h3-5H,6-7H2,1-2H3,(H,14,19)(H,15,16)(H,17,18). The minimum absolute atomic E-state index is 0.0515. The first-order valence-corrected chi connectivity index (χ1v) is 7.02. The van der Waals surface area contributed by atoms with E-state index in [4.69, 9.17) is 5.11 Å². The zero-order valence-electron chi connectivity index (χ0n) is 11.2. The van der Waals surface area contributed by atoms with Crippen LogP contribution in [0.25, 0.3) is 0 Å². The van der Waals surface area contributed by atoms with Crippen molar-refractivity contribution in [2.75, 3.05) is 23.9 Å². The predicted molar refractivity (Wildman–Crippen MR) is 78.2 cm³/mol. The highest BCUT2D eigenvalue weighted by atomic mass is 32.2. The molecule has 0 saturated carbocycles. The van der Waals surface area contributed by atoms with Gasteiger partial charge in [0.2, 0.25) is 5.91 Å². The van der Waals surface area contributed by atoms with E-state index in [1.807, 2.05) is 0 Å². The van der Waals surface area contributed by atoms with E-state index >= 15 is 0 Å². The summed E-state index contributed by atoms with van der Waals surface area (Å²) in [6.45, 7) is 1.74. The van der Waals surface area contributed by atoms with Crippen molar-refractivity contribution in [3.63, 3.8) is 0 Å². The molecule has 20 heavy (non-hydrogen) atoms. The Morgan fingerprint density at radius 2 is 1.95 bits per heavy atom. The van der Waals surface area contributed by atoms with Crippen LogP contribution in [0.3, 0.4) is 0 Å². The van der Waals surface area contributed by atoms with Crippen LogP contribution in [0.15, 0.2) is 18.2 Å². The molecule has 0 fully saturated rings. The molecule has 1 aromatic carbocycles. The van der Waals surface area contributed by atoms with E-state index in [0.29, 0.717) is 16.8 Å². The number of carboxylic acids is 1. The van der Waals surface area contributed by atoms with E-state index in [9.17, 15) is 14.4 Å². The van der Waals surface area contributed by atoms with Crippen molar-refractivity contribution < 1.29 is 19.5 Å². The van der Waals surface area contributed by atoms with Gasteiger partial charge in [0.15, 0.2) is 0 Å². The maximum absolute atomic E-state index is 11.7. The molecule has 0 spiro atoms. The van der Waals surface area contributed by atoms with Gasteiger partial charge >= 0.3 is 5.97 Å². The fourth-order valence-electron chi connectivity index (χ4n) is 1.57. The van der Waals surface area contributed by atoms with E-state index in [2.05, 4.69) is 10.6 Å². The molecule has 0 aliphatic rings. The molecule has 3 N–H and O–H groups in total. The van der Waals surface area contributed by atoms with E-state index in [-0.39, 0.29) is 23.3 Å². The van der Waals surface area contributed by atoms with E-state index in [1.165, 1.54) is 7.05 Å². The summed E-state index contributed by atoms with van der Waals surface area (Å²) in [5, 5.41) is 13.7. The maximum atomic E-state index is 11.7. The van der Waals surface area contributed by atoms with Gasteiger partial charge in [-0.3, -0.25) is 14.4 Å². The molecule has 1 rings (SSSR count). The van der Waals surface area contributed by atoms with Crippen molar-refractivity contribution in [3.8, 4) is 0 Å². The molecule has 0 aromatic heterocycles. The average Bonchev–Trinajstić information content (AvgIpc) is 2.40. The lowest BCUT2D eigenvalue weighted by atomic mass is 10.1. The number of amides is 2. The summed E-state index contributed by atoms with van der Waals surface area (Å²) in [4.78, 5) is 33.6. The first kappa shape index (κ1) is 16.0. The van der Waals surface area contributed by atoms with E-state index in [0.717, 1.165) is 11.8 Å². The molecule has 0 unspecified atom stereocenters. The molecule has 0 aliphatic heterocycles. The maximum Gasteiger partial charge on any atom is 0.313 e. The monoisotopic (exact) mass is 296 g/mol. The molecule has 0 radical (unpaired) electrons. The molecule has 1 aromatic rings. The topological polar surface area (TPSA) is 95.5 Å². The molecule has 0 atom stereocenters. The second-order valence-corrected chi connectivity index (χ2v) is 4.98. The Bertz CT molecular complexity index is 531. The van der Waals surface area contributed by atoms with Gasteiger partial charge in [-0.1, -0.05) is 6.07 Å². The number of carbonyl (C=O) groups excluding carboxylic acids is 2. The summed E-state index contributed by atoms with van der Waals surface area (Å²) in [6, 6.07) is 5.04. The van der Waals surface area contributed by atoms with Crippen molar-refractivity contribution in [1.82, 2.24) is 5.32 Å². The van der Waals surface area contributed by atoms with Crippen LogP contribution >= 0.6 is 11.8 Å². The summed E-state index contributed by atoms with van der Waals surface area (Å²) in [6.07, 6.45) is 0.